The number of rotatable bonds is 13. The molecule has 2 aromatic heterocycles. The van der Waals surface area contributed by atoms with Crippen molar-refractivity contribution in [1.82, 2.24) is 25.0 Å². The lowest BCUT2D eigenvalue weighted by molar-refractivity contribution is -0.119. The molecule has 2 aromatic carbocycles. The van der Waals surface area contributed by atoms with E-state index in [4.69, 9.17) is 19.3 Å². The maximum Gasteiger partial charge on any atom is 0.257 e. The number of nitrogens with one attached hydrogen (secondary N) is 1. The molecule has 4 aromatic rings. The van der Waals surface area contributed by atoms with Gasteiger partial charge in [0.25, 0.3) is 5.91 Å². The number of methoxy groups -OCH3 is 2. The van der Waals surface area contributed by atoms with Gasteiger partial charge in [0.1, 0.15) is 11.3 Å². The van der Waals surface area contributed by atoms with Crippen LogP contribution in [0.2, 0.25) is 0 Å². The van der Waals surface area contributed by atoms with Gasteiger partial charge in [0.15, 0.2) is 0 Å². The molecule has 2 fully saturated rings. The second-order valence-electron chi connectivity index (χ2n) is 12.8. The zero-order chi connectivity index (χ0) is 33.5. The van der Waals surface area contributed by atoms with Gasteiger partial charge in [-0.05, 0) is 55.0 Å². The van der Waals surface area contributed by atoms with E-state index in [0.29, 0.717) is 43.1 Å². The second kappa shape index (κ2) is 15.7. The number of Topliss-reactive ketones (excluding diaryl/α,β-unsaturated/α-hetero) is 1. The lowest BCUT2D eigenvalue weighted by atomic mass is 9.85. The molecule has 0 bridgehead atoms. The van der Waals surface area contributed by atoms with Crippen LogP contribution < -0.4 is 10.1 Å². The van der Waals surface area contributed by atoms with Gasteiger partial charge in [-0.1, -0.05) is 48.5 Å². The van der Waals surface area contributed by atoms with Crippen LogP contribution in [-0.2, 0) is 20.7 Å². The molecule has 0 unspecified atom stereocenters. The Kier molecular flexibility index (Phi) is 10.9. The van der Waals surface area contributed by atoms with Gasteiger partial charge in [0.05, 0.1) is 30.8 Å². The molecule has 0 radical (unpaired) electrons. The van der Waals surface area contributed by atoms with Crippen LogP contribution in [0.15, 0.2) is 72.9 Å². The Morgan fingerprint density at radius 3 is 2.44 bits per heavy atom. The van der Waals surface area contributed by atoms with Crippen LogP contribution in [0.4, 0.5) is 0 Å². The molecular weight excluding hydrogens is 606 g/mol. The number of benzene rings is 2. The number of para-hydroxylation sites is 1. The fourth-order valence-electron chi connectivity index (χ4n) is 7.01. The predicted molar refractivity (Wildman–Crippen MR) is 184 cm³/mol. The van der Waals surface area contributed by atoms with Crippen molar-refractivity contribution >= 4 is 11.7 Å². The minimum atomic E-state index is -0.243. The summed E-state index contributed by atoms with van der Waals surface area (Å²) in [6, 6.07) is 22.2. The first-order valence-corrected chi connectivity index (χ1v) is 16.8. The number of hydrogen-bond donors (Lipinski definition) is 1. The highest BCUT2D eigenvalue weighted by Gasteiger charge is 2.35. The Labute approximate surface area is 282 Å². The largest absolute Gasteiger partial charge is 0.480 e. The Balaban J connectivity index is 1.28. The zero-order valence-corrected chi connectivity index (χ0v) is 28.1. The number of nitrogens with zero attached hydrogens (tertiary/aromatic N) is 4. The fraction of sp³-hybridized carbons (Fsp3) is 0.421. The van der Waals surface area contributed by atoms with E-state index in [1.165, 1.54) is 12.7 Å². The van der Waals surface area contributed by atoms with E-state index in [-0.39, 0.29) is 41.9 Å². The van der Waals surface area contributed by atoms with Crippen molar-refractivity contribution in [3.05, 3.63) is 95.3 Å². The molecule has 6 rings (SSSR count). The summed E-state index contributed by atoms with van der Waals surface area (Å²) in [7, 11) is 3.24. The third kappa shape index (κ3) is 7.67. The molecule has 2 aliphatic heterocycles. The number of aromatic nitrogens is 3. The van der Waals surface area contributed by atoms with Gasteiger partial charge in [0.2, 0.25) is 5.88 Å². The zero-order valence-electron chi connectivity index (χ0n) is 28.1. The number of amides is 1. The van der Waals surface area contributed by atoms with E-state index in [0.717, 1.165) is 49.4 Å². The van der Waals surface area contributed by atoms with E-state index in [1.54, 1.807) is 19.4 Å². The average molecular weight is 652 g/mol. The Morgan fingerprint density at radius 2 is 1.73 bits per heavy atom. The number of carbonyl (C=O) groups excluding carboxylic acids is 2. The maximum absolute atomic E-state index is 14.0. The summed E-state index contributed by atoms with van der Waals surface area (Å²) < 4.78 is 18.2. The molecule has 10 heteroatoms. The summed E-state index contributed by atoms with van der Waals surface area (Å²) in [5.74, 6) is 0.660. The first-order chi connectivity index (χ1) is 23.4. The lowest BCUT2D eigenvalue weighted by Crippen LogP contribution is -2.39. The van der Waals surface area contributed by atoms with Crippen LogP contribution in [0.25, 0.3) is 16.9 Å². The smallest absolute Gasteiger partial charge is 0.257 e. The third-order valence-electron chi connectivity index (χ3n) is 9.57. The number of hydrogen-bond acceptors (Lipinski definition) is 8. The molecule has 0 spiro atoms. The number of carbonyl (C=O) groups is 2. The molecule has 4 heterocycles. The molecule has 0 aliphatic carbocycles. The average Bonchev–Trinajstić information content (AvgIpc) is 3.68. The van der Waals surface area contributed by atoms with Gasteiger partial charge in [-0.15, -0.1) is 0 Å². The van der Waals surface area contributed by atoms with Crippen LogP contribution >= 0.6 is 0 Å². The number of ketones is 1. The first kappa shape index (κ1) is 33.5. The highest BCUT2D eigenvalue weighted by Crippen LogP contribution is 2.36. The standard InChI is InChI=1S/C38H45N5O5/c1-26-35(22-32(44)20-29-24-42(16-19-46-2)25-34(29)27-10-6-4-7-11-27)43(31-12-8-5-9-13-31)41-36(26)28-21-33(38(47-3)39-23-28)37(45)40-30-14-17-48-18-15-30/h4-13,21,23,29-30,34H,14-20,22,24-25H2,1-3H3,(H,40,45)/t29-,34+/m1/s1. The molecule has 2 aliphatic rings. The summed E-state index contributed by atoms with van der Waals surface area (Å²) in [6.45, 7) is 6.51. The van der Waals surface area contributed by atoms with Crippen molar-refractivity contribution in [2.24, 2.45) is 5.92 Å². The van der Waals surface area contributed by atoms with Crippen LogP contribution in [-0.4, -0.2) is 91.1 Å². The molecule has 0 saturated carbocycles. The minimum absolute atomic E-state index is 0.0321. The summed E-state index contributed by atoms with van der Waals surface area (Å²) in [6.07, 6.45) is 3.91. The van der Waals surface area contributed by atoms with E-state index in [2.05, 4.69) is 39.5 Å². The highest BCUT2D eigenvalue weighted by atomic mass is 16.5. The number of ether oxygens (including phenoxy) is 3. The molecule has 1 N–H and O–H groups in total. The Hall–Kier alpha value is -4.38. The van der Waals surface area contributed by atoms with Gasteiger partial charge in [-0.3, -0.25) is 9.59 Å². The lowest BCUT2D eigenvalue weighted by Gasteiger charge is -2.23. The maximum atomic E-state index is 14.0. The van der Waals surface area contributed by atoms with Crippen LogP contribution in [0.5, 0.6) is 5.88 Å². The molecule has 10 nitrogen and oxygen atoms in total. The van der Waals surface area contributed by atoms with Gasteiger partial charge < -0.3 is 24.4 Å². The summed E-state index contributed by atoms with van der Waals surface area (Å²) in [5.41, 5.74) is 5.54. The van der Waals surface area contributed by atoms with Gasteiger partial charge in [0, 0.05) is 76.5 Å². The van der Waals surface area contributed by atoms with Crippen molar-refractivity contribution in [2.45, 2.75) is 44.6 Å². The molecular formula is C38H45N5O5. The Morgan fingerprint density at radius 1 is 1.00 bits per heavy atom. The highest BCUT2D eigenvalue weighted by molar-refractivity contribution is 5.97. The van der Waals surface area contributed by atoms with Crippen molar-refractivity contribution in [3.8, 4) is 22.8 Å². The van der Waals surface area contributed by atoms with Gasteiger partial charge >= 0.3 is 0 Å². The SMILES string of the molecule is COCCN1C[C@@H](CC(=O)Cc2c(C)c(-c3cnc(OC)c(C(=O)NC4CCOCC4)c3)nn2-c2ccccc2)[C@H](c2ccccc2)C1. The number of pyridine rings is 1. The summed E-state index contributed by atoms with van der Waals surface area (Å²) in [4.78, 5) is 34.3. The van der Waals surface area contributed by atoms with Crippen molar-refractivity contribution in [2.75, 3.05) is 53.7 Å². The van der Waals surface area contributed by atoms with E-state index < -0.39 is 0 Å². The third-order valence-corrected chi connectivity index (χ3v) is 9.57. The molecule has 2 atom stereocenters. The van der Waals surface area contributed by atoms with Gasteiger partial charge in [-0.25, -0.2) is 9.67 Å². The minimum Gasteiger partial charge on any atom is -0.480 e. The second-order valence-corrected chi connectivity index (χ2v) is 12.8. The van der Waals surface area contributed by atoms with Crippen LogP contribution in [0.1, 0.15) is 52.4 Å². The van der Waals surface area contributed by atoms with Crippen molar-refractivity contribution in [3.63, 3.8) is 0 Å². The van der Waals surface area contributed by atoms with E-state index in [9.17, 15) is 9.59 Å². The topological polar surface area (TPSA) is 108 Å². The van der Waals surface area contributed by atoms with Crippen LogP contribution in [0.3, 0.4) is 0 Å². The van der Waals surface area contributed by atoms with Crippen LogP contribution in [0, 0.1) is 12.8 Å². The molecule has 252 valence electrons. The van der Waals surface area contributed by atoms with Crippen molar-refractivity contribution < 1.29 is 23.8 Å². The Bertz CT molecular complexity index is 1690. The van der Waals surface area contributed by atoms with Gasteiger partial charge in [-0.2, -0.15) is 5.10 Å². The van der Waals surface area contributed by atoms with Crippen molar-refractivity contribution in [1.29, 1.82) is 0 Å². The van der Waals surface area contributed by atoms with E-state index >= 15 is 0 Å². The van der Waals surface area contributed by atoms with E-state index in [1.807, 2.05) is 48.0 Å². The monoisotopic (exact) mass is 651 g/mol. The predicted octanol–water partition coefficient (Wildman–Crippen LogP) is 5.02. The summed E-state index contributed by atoms with van der Waals surface area (Å²) >= 11 is 0. The quantitative estimate of drug-likeness (QED) is 0.215. The summed E-state index contributed by atoms with van der Waals surface area (Å²) in [5, 5.41) is 8.14. The first-order valence-electron chi connectivity index (χ1n) is 16.8. The normalized spacial score (nSPS) is 18.6. The molecule has 48 heavy (non-hydrogen) atoms. The molecule has 2 saturated heterocycles. The fourth-order valence-corrected chi connectivity index (χ4v) is 7.01. The number of likely N-dealkylation sites (tertiary alicyclic amines) is 1. The molecule has 1 amide bonds.